The Labute approximate surface area is 136 Å². The number of carbonyl (C=O) groups is 1. The molecule has 2 aromatic rings. The average Bonchev–Trinajstić information content (AvgIpc) is 2.58. The molecule has 0 saturated carbocycles. The summed E-state index contributed by atoms with van der Waals surface area (Å²) in [6.07, 6.45) is 1.42. The van der Waals surface area contributed by atoms with Crippen LogP contribution >= 0.6 is 15.9 Å². The van der Waals surface area contributed by atoms with Crippen molar-refractivity contribution in [1.82, 2.24) is 9.97 Å². The fourth-order valence-electron chi connectivity index (χ4n) is 2.16. The molecule has 1 amide bonds. The topological polar surface area (TPSA) is 67.4 Å². The molecule has 1 aliphatic heterocycles. The summed E-state index contributed by atoms with van der Waals surface area (Å²) in [6, 6.07) is 9.10. The summed E-state index contributed by atoms with van der Waals surface area (Å²) < 4.78 is 6.28. The van der Waals surface area contributed by atoms with Crippen molar-refractivity contribution in [2.75, 3.05) is 36.5 Å². The Balaban J connectivity index is 1.73. The molecule has 7 heteroatoms. The quantitative estimate of drug-likeness (QED) is 0.907. The van der Waals surface area contributed by atoms with Gasteiger partial charge in [0.15, 0.2) is 0 Å². The minimum atomic E-state index is -0.251. The highest BCUT2D eigenvalue weighted by Gasteiger charge is 2.15. The number of morpholine rings is 1. The zero-order valence-electron chi connectivity index (χ0n) is 11.8. The smallest absolute Gasteiger partial charge is 0.274 e. The highest BCUT2D eigenvalue weighted by Crippen LogP contribution is 2.16. The minimum absolute atomic E-state index is 0.251. The molecular formula is C15H15BrN4O2. The predicted molar refractivity (Wildman–Crippen MR) is 87.2 cm³/mol. The zero-order valence-corrected chi connectivity index (χ0v) is 13.4. The van der Waals surface area contributed by atoms with E-state index in [0.717, 1.165) is 29.1 Å². The Hall–Kier alpha value is -1.99. The lowest BCUT2D eigenvalue weighted by Crippen LogP contribution is -2.37. The number of halogens is 1. The van der Waals surface area contributed by atoms with E-state index < -0.39 is 0 Å². The van der Waals surface area contributed by atoms with Crippen LogP contribution in [0.3, 0.4) is 0 Å². The molecule has 22 heavy (non-hydrogen) atoms. The number of hydrogen-bond donors (Lipinski definition) is 1. The molecule has 0 radical (unpaired) electrons. The molecule has 114 valence electrons. The van der Waals surface area contributed by atoms with E-state index in [1.807, 2.05) is 24.3 Å². The third kappa shape index (κ3) is 3.61. The van der Waals surface area contributed by atoms with Crippen LogP contribution in [0.2, 0.25) is 0 Å². The fourth-order valence-corrected chi connectivity index (χ4v) is 2.43. The van der Waals surface area contributed by atoms with E-state index in [2.05, 4.69) is 36.1 Å². The number of amides is 1. The lowest BCUT2D eigenvalue weighted by Gasteiger charge is -2.27. The first-order valence-corrected chi connectivity index (χ1v) is 7.73. The molecule has 1 N–H and O–H groups in total. The van der Waals surface area contributed by atoms with Crippen molar-refractivity contribution in [1.29, 1.82) is 0 Å². The van der Waals surface area contributed by atoms with E-state index >= 15 is 0 Å². The first kappa shape index (κ1) is 14.9. The van der Waals surface area contributed by atoms with Crippen molar-refractivity contribution >= 4 is 33.3 Å². The van der Waals surface area contributed by atoms with E-state index in [-0.39, 0.29) is 5.91 Å². The second-order valence-electron chi connectivity index (χ2n) is 4.82. The molecular weight excluding hydrogens is 348 g/mol. The molecule has 0 aliphatic carbocycles. The Bertz CT molecular complexity index is 657. The number of benzene rings is 1. The van der Waals surface area contributed by atoms with Gasteiger partial charge in [0.25, 0.3) is 5.91 Å². The van der Waals surface area contributed by atoms with Gasteiger partial charge in [-0.2, -0.15) is 0 Å². The molecule has 6 nitrogen and oxygen atoms in total. The summed E-state index contributed by atoms with van der Waals surface area (Å²) in [7, 11) is 0. The van der Waals surface area contributed by atoms with E-state index in [0.29, 0.717) is 18.9 Å². The maximum absolute atomic E-state index is 12.3. The first-order valence-electron chi connectivity index (χ1n) is 6.94. The van der Waals surface area contributed by atoms with Crippen LogP contribution in [0.5, 0.6) is 0 Å². The molecule has 0 atom stereocenters. The first-order chi connectivity index (χ1) is 10.7. The van der Waals surface area contributed by atoms with Crippen molar-refractivity contribution in [3.63, 3.8) is 0 Å². The highest BCUT2D eigenvalue weighted by atomic mass is 79.9. The molecule has 0 unspecified atom stereocenters. The van der Waals surface area contributed by atoms with Crippen LogP contribution in [0.15, 0.2) is 41.1 Å². The normalized spacial score (nSPS) is 14.7. The minimum Gasteiger partial charge on any atom is -0.378 e. The largest absolute Gasteiger partial charge is 0.378 e. The average molecular weight is 363 g/mol. The second kappa shape index (κ2) is 6.85. The molecule has 0 spiro atoms. The summed E-state index contributed by atoms with van der Waals surface area (Å²) in [5, 5.41) is 2.82. The van der Waals surface area contributed by atoms with Gasteiger partial charge in [-0.3, -0.25) is 4.79 Å². The summed E-state index contributed by atoms with van der Waals surface area (Å²) in [5.74, 6) is 0.499. The predicted octanol–water partition coefficient (Wildman–Crippen LogP) is 2.33. The van der Waals surface area contributed by atoms with Crippen LogP contribution in [0.25, 0.3) is 0 Å². The van der Waals surface area contributed by atoms with Crippen LogP contribution in [0.1, 0.15) is 10.5 Å². The van der Waals surface area contributed by atoms with Crippen LogP contribution in [0.4, 0.5) is 11.5 Å². The van der Waals surface area contributed by atoms with E-state index in [1.165, 1.54) is 6.33 Å². The van der Waals surface area contributed by atoms with Crippen LogP contribution in [0, 0.1) is 0 Å². The number of nitrogens with zero attached hydrogens (tertiary/aromatic N) is 3. The zero-order chi connectivity index (χ0) is 15.4. The van der Waals surface area contributed by atoms with E-state index in [1.54, 1.807) is 6.07 Å². The highest BCUT2D eigenvalue weighted by molar-refractivity contribution is 9.10. The van der Waals surface area contributed by atoms with Gasteiger partial charge in [-0.25, -0.2) is 9.97 Å². The number of aromatic nitrogens is 2. The van der Waals surface area contributed by atoms with Crippen LogP contribution in [-0.2, 0) is 4.74 Å². The Kier molecular flexibility index (Phi) is 4.65. The summed E-state index contributed by atoms with van der Waals surface area (Å²) >= 11 is 3.36. The van der Waals surface area contributed by atoms with Crippen molar-refractivity contribution in [2.24, 2.45) is 0 Å². The number of carbonyl (C=O) groups excluding carboxylic acids is 1. The van der Waals surface area contributed by atoms with Crippen molar-refractivity contribution in [3.8, 4) is 0 Å². The summed E-state index contributed by atoms with van der Waals surface area (Å²) in [6.45, 7) is 2.88. The number of anilines is 2. The molecule has 1 aromatic heterocycles. The van der Waals surface area contributed by atoms with Gasteiger partial charge in [0.1, 0.15) is 17.8 Å². The van der Waals surface area contributed by atoms with Gasteiger partial charge in [0.05, 0.1) is 13.2 Å². The number of hydrogen-bond acceptors (Lipinski definition) is 5. The lowest BCUT2D eigenvalue weighted by atomic mass is 10.3. The molecule has 1 aliphatic rings. The van der Waals surface area contributed by atoms with Crippen LogP contribution in [-0.4, -0.2) is 42.2 Å². The third-order valence-corrected chi connectivity index (χ3v) is 3.85. The number of ether oxygens (including phenoxy) is 1. The maximum Gasteiger partial charge on any atom is 0.274 e. The van der Waals surface area contributed by atoms with Gasteiger partial charge in [-0.05, 0) is 24.3 Å². The van der Waals surface area contributed by atoms with Gasteiger partial charge in [-0.15, -0.1) is 0 Å². The Morgan fingerprint density at radius 2 is 1.91 bits per heavy atom. The maximum atomic E-state index is 12.3. The van der Waals surface area contributed by atoms with E-state index in [9.17, 15) is 4.79 Å². The lowest BCUT2D eigenvalue weighted by molar-refractivity contribution is 0.102. The van der Waals surface area contributed by atoms with Gasteiger partial charge in [0.2, 0.25) is 0 Å². The molecule has 0 bridgehead atoms. The summed E-state index contributed by atoms with van der Waals surface area (Å²) in [4.78, 5) is 22.7. The standard InChI is InChI=1S/C15H15BrN4O2/c16-11-1-3-12(4-2-11)19-15(21)13-9-14(18-10-17-13)20-5-7-22-8-6-20/h1-4,9-10H,5-8H2,(H,19,21). The molecule has 3 rings (SSSR count). The third-order valence-electron chi connectivity index (χ3n) is 3.32. The molecule has 1 fully saturated rings. The van der Waals surface area contributed by atoms with Gasteiger partial charge >= 0.3 is 0 Å². The molecule has 1 saturated heterocycles. The van der Waals surface area contributed by atoms with Crippen LogP contribution < -0.4 is 10.2 Å². The summed E-state index contributed by atoms with van der Waals surface area (Å²) in [5.41, 5.74) is 1.07. The Morgan fingerprint density at radius 3 is 2.64 bits per heavy atom. The fraction of sp³-hybridized carbons (Fsp3) is 0.267. The number of rotatable bonds is 3. The van der Waals surface area contributed by atoms with Crippen molar-refractivity contribution < 1.29 is 9.53 Å². The van der Waals surface area contributed by atoms with E-state index in [4.69, 9.17) is 4.74 Å². The van der Waals surface area contributed by atoms with Gasteiger partial charge in [0, 0.05) is 29.3 Å². The SMILES string of the molecule is O=C(Nc1ccc(Br)cc1)c1cc(N2CCOCC2)ncn1. The van der Waals surface area contributed by atoms with Gasteiger partial charge in [-0.1, -0.05) is 15.9 Å². The van der Waals surface area contributed by atoms with Crippen molar-refractivity contribution in [3.05, 3.63) is 46.8 Å². The van der Waals surface area contributed by atoms with Crippen molar-refractivity contribution in [2.45, 2.75) is 0 Å². The Morgan fingerprint density at radius 1 is 1.18 bits per heavy atom. The number of nitrogens with one attached hydrogen (secondary N) is 1. The van der Waals surface area contributed by atoms with Gasteiger partial charge < -0.3 is 15.0 Å². The molecule has 1 aromatic carbocycles. The molecule has 2 heterocycles. The second-order valence-corrected chi connectivity index (χ2v) is 5.74. The monoisotopic (exact) mass is 362 g/mol.